The third-order valence-corrected chi connectivity index (χ3v) is 1.90. The predicted octanol–water partition coefficient (Wildman–Crippen LogP) is -0.144. The van der Waals surface area contributed by atoms with E-state index in [0.29, 0.717) is 0 Å². The number of nitrogens with one attached hydrogen (secondary N) is 1. The van der Waals surface area contributed by atoms with E-state index < -0.39 is 10.0 Å². The van der Waals surface area contributed by atoms with Gasteiger partial charge >= 0.3 is 0 Å². The lowest BCUT2D eigenvalue weighted by Gasteiger charge is -1.96. The van der Waals surface area contributed by atoms with Crippen LogP contribution < -0.4 is 10.6 Å². The number of nitrogens with zero attached hydrogens (tertiary/aromatic N) is 1. The number of hydrogen-bond donors (Lipinski definition) is 2. The van der Waals surface area contributed by atoms with E-state index in [1.54, 1.807) is 0 Å². The second-order valence-electron chi connectivity index (χ2n) is 2.63. The molecule has 0 spiro atoms. The number of benzene rings is 1. The normalized spacial score (nSPS) is 11.8. The minimum absolute atomic E-state index is 0.365. The van der Waals surface area contributed by atoms with Crippen LogP contribution in [0.1, 0.15) is 5.56 Å². The van der Waals surface area contributed by atoms with Crippen LogP contribution in [0.25, 0.3) is 0 Å². The van der Waals surface area contributed by atoms with Crippen LogP contribution in [-0.4, -0.2) is 20.5 Å². The van der Waals surface area contributed by atoms with Gasteiger partial charge < -0.3 is 0 Å². The molecule has 0 saturated carbocycles. The van der Waals surface area contributed by atoms with Crippen LogP contribution in [0.2, 0.25) is 0 Å². The Hall–Kier alpha value is -1.40. The molecule has 1 aromatic rings. The van der Waals surface area contributed by atoms with E-state index in [-0.39, 0.29) is 5.88 Å². The predicted molar refractivity (Wildman–Crippen MR) is 55.1 cm³/mol. The Balaban J connectivity index is 2.43. The van der Waals surface area contributed by atoms with Crippen LogP contribution in [0.5, 0.6) is 0 Å². The molecule has 0 aliphatic carbocycles. The van der Waals surface area contributed by atoms with Gasteiger partial charge in [-0.1, -0.05) is 30.3 Å². The van der Waals surface area contributed by atoms with Gasteiger partial charge in [0.25, 0.3) is 0 Å². The van der Waals surface area contributed by atoms with Crippen molar-refractivity contribution in [3.05, 3.63) is 35.9 Å². The Morgan fingerprint density at radius 2 is 2.00 bits per heavy atom. The molecule has 0 atom stereocenters. The van der Waals surface area contributed by atoms with Gasteiger partial charge in [0.05, 0.1) is 6.21 Å². The maximum atomic E-state index is 10.5. The summed E-state index contributed by atoms with van der Waals surface area (Å²) in [4.78, 5) is 0. The Kier molecular flexibility index (Phi) is 3.61. The maximum Gasteiger partial charge on any atom is 0.228 e. The van der Waals surface area contributed by atoms with Gasteiger partial charge in [-0.15, -0.1) is 0 Å². The first kappa shape index (κ1) is 10.7. The number of rotatable bonds is 4. The highest BCUT2D eigenvalue weighted by atomic mass is 32.2. The molecule has 0 aliphatic rings. The molecule has 0 aliphatic heterocycles. The summed E-state index contributed by atoms with van der Waals surface area (Å²) >= 11 is 0. The highest BCUT2D eigenvalue weighted by Crippen LogP contribution is 1.92. The SMILES string of the molecule is NS(=O)(=O)CNN=Cc1ccccc1. The standard InChI is InChI=1S/C8H11N3O2S/c9-14(12,13)7-11-10-6-8-4-2-1-3-5-8/h1-6,11H,7H2,(H2,9,12,13). The van der Waals surface area contributed by atoms with Gasteiger partial charge in [-0.3, -0.25) is 5.43 Å². The Morgan fingerprint density at radius 1 is 1.36 bits per heavy atom. The topological polar surface area (TPSA) is 84.5 Å². The van der Waals surface area contributed by atoms with Crippen LogP contribution in [-0.2, 0) is 10.0 Å². The number of sulfonamides is 1. The summed E-state index contributed by atoms with van der Waals surface area (Å²) < 4.78 is 21.0. The molecule has 3 N–H and O–H groups in total. The lowest BCUT2D eigenvalue weighted by atomic mass is 10.2. The summed E-state index contributed by atoms with van der Waals surface area (Å²) in [5.41, 5.74) is 3.21. The van der Waals surface area contributed by atoms with E-state index in [0.717, 1.165) is 5.56 Å². The fraction of sp³-hybridized carbons (Fsp3) is 0.125. The van der Waals surface area contributed by atoms with E-state index in [4.69, 9.17) is 5.14 Å². The van der Waals surface area contributed by atoms with Crippen molar-refractivity contribution in [2.75, 3.05) is 5.88 Å². The number of hydrogen-bond acceptors (Lipinski definition) is 4. The van der Waals surface area contributed by atoms with Crippen molar-refractivity contribution < 1.29 is 8.42 Å². The second-order valence-corrected chi connectivity index (χ2v) is 4.25. The van der Waals surface area contributed by atoms with Gasteiger partial charge in [0.1, 0.15) is 5.88 Å². The highest BCUT2D eigenvalue weighted by molar-refractivity contribution is 7.89. The summed E-state index contributed by atoms with van der Waals surface area (Å²) in [7, 11) is -3.50. The molecule has 0 unspecified atom stereocenters. The zero-order chi connectivity index (χ0) is 10.4. The minimum atomic E-state index is -3.50. The van der Waals surface area contributed by atoms with Crippen LogP contribution in [0.4, 0.5) is 0 Å². The first-order valence-corrected chi connectivity index (χ1v) is 5.61. The van der Waals surface area contributed by atoms with Crippen LogP contribution in [0.3, 0.4) is 0 Å². The average Bonchev–Trinajstić information content (AvgIpc) is 2.13. The lowest BCUT2D eigenvalue weighted by Crippen LogP contribution is -2.25. The van der Waals surface area contributed by atoms with Crippen LogP contribution in [0, 0.1) is 0 Å². The summed E-state index contributed by atoms with van der Waals surface area (Å²) in [6.07, 6.45) is 1.52. The molecule has 0 radical (unpaired) electrons. The monoisotopic (exact) mass is 213 g/mol. The van der Waals surface area contributed by atoms with Crippen molar-refractivity contribution in [1.29, 1.82) is 0 Å². The van der Waals surface area contributed by atoms with E-state index >= 15 is 0 Å². The quantitative estimate of drug-likeness (QED) is 0.539. The van der Waals surface area contributed by atoms with Crippen molar-refractivity contribution in [2.45, 2.75) is 0 Å². The van der Waals surface area contributed by atoms with E-state index in [2.05, 4.69) is 10.5 Å². The molecular formula is C8H11N3O2S. The highest BCUT2D eigenvalue weighted by Gasteiger charge is 1.97. The fourth-order valence-corrected chi connectivity index (χ4v) is 1.04. The largest absolute Gasteiger partial charge is 0.293 e. The molecule has 0 heterocycles. The molecule has 0 saturated heterocycles. The molecule has 0 amide bonds. The van der Waals surface area contributed by atoms with Crippen molar-refractivity contribution in [3.8, 4) is 0 Å². The third-order valence-electron chi connectivity index (χ3n) is 1.37. The Morgan fingerprint density at radius 3 is 2.57 bits per heavy atom. The zero-order valence-electron chi connectivity index (χ0n) is 7.42. The molecule has 1 rings (SSSR count). The fourth-order valence-electron chi connectivity index (χ4n) is 0.787. The van der Waals surface area contributed by atoms with Crippen LogP contribution >= 0.6 is 0 Å². The van der Waals surface area contributed by atoms with Gasteiger partial charge in [-0.2, -0.15) is 5.10 Å². The molecular weight excluding hydrogens is 202 g/mol. The number of hydrazone groups is 1. The van der Waals surface area contributed by atoms with E-state index in [1.807, 2.05) is 30.3 Å². The van der Waals surface area contributed by atoms with Crippen molar-refractivity contribution in [3.63, 3.8) is 0 Å². The summed E-state index contributed by atoms with van der Waals surface area (Å²) in [6, 6.07) is 9.31. The lowest BCUT2D eigenvalue weighted by molar-refractivity contribution is 0.591. The molecule has 5 nitrogen and oxygen atoms in total. The van der Waals surface area contributed by atoms with Gasteiger partial charge in [0.15, 0.2) is 0 Å². The molecule has 6 heteroatoms. The molecule has 76 valence electrons. The summed E-state index contributed by atoms with van der Waals surface area (Å²) in [6.45, 7) is 0. The van der Waals surface area contributed by atoms with Gasteiger partial charge in [0, 0.05) is 0 Å². The molecule has 0 aromatic heterocycles. The number of nitrogens with two attached hydrogens (primary N) is 1. The molecule has 0 bridgehead atoms. The molecule has 14 heavy (non-hydrogen) atoms. The summed E-state index contributed by atoms with van der Waals surface area (Å²) in [5.74, 6) is -0.365. The first-order chi connectivity index (χ1) is 6.58. The Bertz CT molecular complexity index is 400. The van der Waals surface area contributed by atoms with Crippen molar-refractivity contribution in [1.82, 2.24) is 5.43 Å². The van der Waals surface area contributed by atoms with Crippen LogP contribution in [0.15, 0.2) is 35.4 Å². The third kappa shape index (κ3) is 4.58. The van der Waals surface area contributed by atoms with Gasteiger partial charge in [0.2, 0.25) is 10.0 Å². The smallest absolute Gasteiger partial charge is 0.228 e. The maximum absolute atomic E-state index is 10.5. The zero-order valence-corrected chi connectivity index (χ0v) is 8.24. The minimum Gasteiger partial charge on any atom is -0.293 e. The Labute approximate surface area is 82.7 Å². The molecule has 0 fully saturated rings. The van der Waals surface area contributed by atoms with E-state index in [1.165, 1.54) is 6.21 Å². The van der Waals surface area contributed by atoms with Crippen molar-refractivity contribution >= 4 is 16.2 Å². The second kappa shape index (κ2) is 4.73. The number of primary sulfonamides is 1. The summed E-state index contributed by atoms with van der Waals surface area (Å²) in [5, 5.41) is 8.44. The van der Waals surface area contributed by atoms with E-state index in [9.17, 15) is 8.42 Å². The molecule has 1 aromatic carbocycles. The van der Waals surface area contributed by atoms with Gasteiger partial charge in [-0.25, -0.2) is 13.6 Å². The average molecular weight is 213 g/mol. The van der Waals surface area contributed by atoms with Gasteiger partial charge in [-0.05, 0) is 5.56 Å². The first-order valence-electron chi connectivity index (χ1n) is 3.89. The van der Waals surface area contributed by atoms with Crippen molar-refractivity contribution in [2.24, 2.45) is 10.2 Å².